The fourth-order valence-electron chi connectivity index (χ4n) is 1.94. The molecule has 0 spiro atoms. The molecule has 2 aliphatic rings. The Bertz CT molecular complexity index is 153. The Labute approximate surface area is 55.4 Å². The van der Waals surface area contributed by atoms with Gasteiger partial charge in [0.25, 0.3) is 0 Å². The summed E-state index contributed by atoms with van der Waals surface area (Å²) in [4.78, 5) is 0. The van der Waals surface area contributed by atoms with E-state index in [-0.39, 0.29) is 5.54 Å². The molecule has 0 bridgehead atoms. The van der Waals surface area contributed by atoms with E-state index in [1.54, 1.807) is 0 Å². The molecule has 1 saturated carbocycles. The molecule has 0 saturated heterocycles. The lowest BCUT2D eigenvalue weighted by Gasteiger charge is -2.16. The number of hydrogen-bond donors (Lipinski definition) is 0. The smallest absolute Gasteiger partial charge is 0.0834 e. The van der Waals surface area contributed by atoms with Gasteiger partial charge in [-0.05, 0) is 19.8 Å². The molecule has 0 aromatic heterocycles. The first-order valence-corrected chi connectivity index (χ1v) is 3.70. The van der Waals surface area contributed by atoms with E-state index in [4.69, 9.17) is 0 Å². The minimum Gasteiger partial charge on any atom is -0.193 e. The van der Waals surface area contributed by atoms with Gasteiger partial charge in [-0.25, -0.2) is 0 Å². The van der Waals surface area contributed by atoms with Crippen LogP contribution in [0.1, 0.15) is 26.2 Å². The normalized spacial score (nSPS) is 47.9. The van der Waals surface area contributed by atoms with Crippen molar-refractivity contribution in [1.82, 2.24) is 0 Å². The Morgan fingerprint density at radius 3 is 3.22 bits per heavy atom. The fraction of sp³-hybridized carbons (Fsp3) is 1.00. The van der Waals surface area contributed by atoms with Crippen molar-refractivity contribution < 1.29 is 0 Å². The topological polar surface area (TPSA) is 24.7 Å². The van der Waals surface area contributed by atoms with Crippen molar-refractivity contribution in [2.24, 2.45) is 16.1 Å². The summed E-state index contributed by atoms with van der Waals surface area (Å²) < 4.78 is 0. The summed E-state index contributed by atoms with van der Waals surface area (Å²) in [6, 6.07) is 0. The fourth-order valence-corrected chi connectivity index (χ4v) is 1.94. The zero-order valence-electron chi connectivity index (χ0n) is 5.80. The molecule has 2 rings (SSSR count). The monoisotopic (exact) mass is 124 g/mol. The van der Waals surface area contributed by atoms with E-state index in [0.29, 0.717) is 0 Å². The maximum absolute atomic E-state index is 4.25. The Kier molecular flexibility index (Phi) is 0.930. The second-order valence-electron chi connectivity index (χ2n) is 3.37. The number of nitrogens with zero attached hydrogens (tertiary/aromatic N) is 2. The Balaban J connectivity index is 2.26. The van der Waals surface area contributed by atoms with E-state index in [0.717, 1.165) is 12.5 Å². The van der Waals surface area contributed by atoms with Gasteiger partial charge in [-0.15, -0.1) is 0 Å². The molecule has 1 heterocycles. The molecule has 0 N–H and O–H groups in total. The van der Waals surface area contributed by atoms with Crippen LogP contribution < -0.4 is 0 Å². The van der Waals surface area contributed by atoms with Crippen LogP contribution in [0.2, 0.25) is 0 Å². The average Bonchev–Trinajstić information content (AvgIpc) is 2.22. The molecular weight excluding hydrogens is 112 g/mol. The first-order valence-electron chi connectivity index (χ1n) is 3.70. The third kappa shape index (κ3) is 0.620. The van der Waals surface area contributed by atoms with Gasteiger partial charge in [0.05, 0.1) is 12.1 Å². The highest BCUT2D eigenvalue weighted by Gasteiger charge is 2.41. The van der Waals surface area contributed by atoms with Crippen molar-refractivity contribution in [3.8, 4) is 0 Å². The van der Waals surface area contributed by atoms with Gasteiger partial charge in [-0.2, -0.15) is 10.2 Å². The zero-order chi connectivity index (χ0) is 6.32. The van der Waals surface area contributed by atoms with Gasteiger partial charge >= 0.3 is 0 Å². The zero-order valence-corrected chi connectivity index (χ0v) is 5.80. The predicted octanol–water partition coefficient (Wildman–Crippen LogP) is 2.01. The highest BCUT2D eigenvalue weighted by Crippen LogP contribution is 2.42. The van der Waals surface area contributed by atoms with Crippen LogP contribution in [0.5, 0.6) is 0 Å². The van der Waals surface area contributed by atoms with E-state index in [9.17, 15) is 0 Å². The molecule has 2 nitrogen and oxygen atoms in total. The third-order valence-electron chi connectivity index (χ3n) is 2.72. The van der Waals surface area contributed by atoms with E-state index in [1.807, 2.05) is 0 Å². The standard InChI is InChI=1S/C7H12N2/c1-7-4-2-3-6(7)5-8-9-7/h6H,2-5H2,1H3/t6-,7-/m0/s1. The van der Waals surface area contributed by atoms with Crippen LogP contribution in [0.4, 0.5) is 0 Å². The van der Waals surface area contributed by atoms with Gasteiger partial charge in [0.1, 0.15) is 0 Å². The largest absolute Gasteiger partial charge is 0.193 e. The molecule has 1 aliphatic heterocycles. The summed E-state index contributed by atoms with van der Waals surface area (Å²) in [5, 5.41) is 8.32. The SMILES string of the molecule is C[C@]12CCC[C@H]1CN=N2. The molecule has 9 heavy (non-hydrogen) atoms. The van der Waals surface area contributed by atoms with Crippen molar-refractivity contribution >= 4 is 0 Å². The third-order valence-corrected chi connectivity index (χ3v) is 2.72. The second kappa shape index (κ2) is 1.55. The summed E-state index contributed by atoms with van der Waals surface area (Å²) in [7, 11) is 0. The molecule has 0 amide bonds. The first-order chi connectivity index (χ1) is 4.31. The van der Waals surface area contributed by atoms with E-state index >= 15 is 0 Å². The van der Waals surface area contributed by atoms with Gasteiger partial charge in [0, 0.05) is 5.92 Å². The van der Waals surface area contributed by atoms with E-state index < -0.39 is 0 Å². The molecule has 0 unspecified atom stereocenters. The number of azo groups is 1. The second-order valence-corrected chi connectivity index (χ2v) is 3.37. The molecule has 2 atom stereocenters. The van der Waals surface area contributed by atoms with Crippen LogP contribution in [0, 0.1) is 5.92 Å². The van der Waals surface area contributed by atoms with Crippen LogP contribution in [-0.2, 0) is 0 Å². The Morgan fingerprint density at radius 2 is 2.44 bits per heavy atom. The summed E-state index contributed by atoms with van der Waals surface area (Å²) >= 11 is 0. The molecule has 1 fully saturated rings. The average molecular weight is 124 g/mol. The van der Waals surface area contributed by atoms with Gasteiger partial charge < -0.3 is 0 Å². The van der Waals surface area contributed by atoms with Crippen LogP contribution in [-0.4, -0.2) is 12.1 Å². The van der Waals surface area contributed by atoms with Gasteiger partial charge in [0.15, 0.2) is 0 Å². The molecule has 2 heteroatoms. The van der Waals surface area contributed by atoms with Crippen molar-refractivity contribution in [2.45, 2.75) is 31.7 Å². The predicted molar refractivity (Wildman–Crippen MR) is 35.5 cm³/mol. The van der Waals surface area contributed by atoms with Crippen LogP contribution >= 0.6 is 0 Å². The highest BCUT2D eigenvalue weighted by atomic mass is 15.2. The minimum absolute atomic E-state index is 0.264. The molecular formula is C7H12N2. The van der Waals surface area contributed by atoms with Gasteiger partial charge in [0.2, 0.25) is 0 Å². The van der Waals surface area contributed by atoms with Gasteiger partial charge in [-0.1, -0.05) is 6.42 Å². The molecule has 1 aliphatic carbocycles. The maximum atomic E-state index is 4.25. The number of fused-ring (bicyclic) bond motifs is 1. The summed E-state index contributed by atoms with van der Waals surface area (Å²) in [5.74, 6) is 0.789. The summed E-state index contributed by atoms with van der Waals surface area (Å²) in [6.45, 7) is 3.23. The molecule has 50 valence electrons. The lowest BCUT2D eigenvalue weighted by Crippen LogP contribution is -2.23. The van der Waals surface area contributed by atoms with Gasteiger partial charge in [-0.3, -0.25) is 0 Å². The number of rotatable bonds is 0. The molecule has 0 aromatic carbocycles. The molecule has 0 aromatic rings. The summed E-state index contributed by atoms with van der Waals surface area (Å²) in [6.07, 6.45) is 3.98. The lowest BCUT2D eigenvalue weighted by molar-refractivity contribution is 0.401. The van der Waals surface area contributed by atoms with E-state index in [1.165, 1.54) is 19.3 Å². The summed E-state index contributed by atoms with van der Waals surface area (Å²) in [5.41, 5.74) is 0.264. The highest BCUT2D eigenvalue weighted by molar-refractivity contribution is 4.98. The van der Waals surface area contributed by atoms with Crippen molar-refractivity contribution in [2.75, 3.05) is 6.54 Å². The van der Waals surface area contributed by atoms with Crippen molar-refractivity contribution in [3.05, 3.63) is 0 Å². The quantitative estimate of drug-likeness (QED) is 0.472. The minimum atomic E-state index is 0.264. The van der Waals surface area contributed by atoms with Crippen LogP contribution in [0.3, 0.4) is 0 Å². The molecule has 0 radical (unpaired) electrons. The van der Waals surface area contributed by atoms with Crippen LogP contribution in [0.15, 0.2) is 10.2 Å². The van der Waals surface area contributed by atoms with Crippen LogP contribution in [0.25, 0.3) is 0 Å². The Morgan fingerprint density at radius 1 is 1.56 bits per heavy atom. The maximum Gasteiger partial charge on any atom is 0.0834 e. The van der Waals surface area contributed by atoms with E-state index in [2.05, 4.69) is 17.2 Å². The number of hydrogen-bond acceptors (Lipinski definition) is 2. The van der Waals surface area contributed by atoms with Crippen molar-refractivity contribution in [3.63, 3.8) is 0 Å². The lowest BCUT2D eigenvalue weighted by atomic mass is 9.92. The van der Waals surface area contributed by atoms with Crippen molar-refractivity contribution in [1.29, 1.82) is 0 Å². The Hall–Kier alpha value is -0.400. The first kappa shape index (κ1) is 5.39.